The van der Waals surface area contributed by atoms with Crippen molar-refractivity contribution in [3.05, 3.63) is 94.8 Å². The van der Waals surface area contributed by atoms with Crippen LogP contribution in [0.1, 0.15) is 40.0 Å². The van der Waals surface area contributed by atoms with Gasteiger partial charge >= 0.3 is 0 Å². The van der Waals surface area contributed by atoms with Crippen molar-refractivity contribution in [1.29, 1.82) is 0 Å². The van der Waals surface area contributed by atoms with Gasteiger partial charge in [-0.2, -0.15) is 0 Å². The van der Waals surface area contributed by atoms with Gasteiger partial charge in [-0.25, -0.2) is 4.39 Å². The molecule has 3 aromatic carbocycles. The third-order valence-electron chi connectivity index (χ3n) is 5.26. The summed E-state index contributed by atoms with van der Waals surface area (Å²) in [6, 6.07) is 18.0. The Morgan fingerprint density at radius 2 is 1.81 bits per heavy atom. The van der Waals surface area contributed by atoms with E-state index < -0.39 is 6.04 Å². The summed E-state index contributed by atoms with van der Waals surface area (Å²) in [7, 11) is 0. The average molecular weight is 418 g/mol. The van der Waals surface area contributed by atoms with Crippen molar-refractivity contribution in [3.63, 3.8) is 0 Å². The maximum absolute atomic E-state index is 13.6. The number of carbonyl (C=O) groups is 2. The molecule has 2 amide bonds. The Balaban J connectivity index is 1.82. The summed E-state index contributed by atoms with van der Waals surface area (Å²) in [4.78, 5) is 27.7. The van der Waals surface area contributed by atoms with Crippen molar-refractivity contribution in [2.45, 2.75) is 19.9 Å². The van der Waals surface area contributed by atoms with Gasteiger partial charge in [0.05, 0.1) is 12.6 Å². The Kier molecular flexibility index (Phi) is 5.71. The van der Waals surface area contributed by atoms with Crippen molar-refractivity contribution >= 4 is 17.5 Å². The zero-order valence-corrected chi connectivity index (χ0v) is 17.4. The molecule has 0 saturated carbocycles. The molecule has 31 heavy (non-hydrogen) atoms. The minimum Gasteiger partial charge on any atom is -0.494 e. The highest BCUT2D eigenvalue weighted by molar-refractivity contribution is 6.01. The van der Waals surface area contributed by atoms with E-state index in [2.05, 4.69) is 5.32 Å². The van der Waals surface area contributed by atoms with Gasteiger partial charge < -0.3 is 15.0 Å². The van der Waals surface area contributed by atoms with Crippen LogP contribution in [0.25, 0.3) is 0 Å². The molecule has 1 atom stereocenters. The molecule has 1 aliphatic rings. The third kappa shape index (κ3) is 4.28. The number of anilines is 1. The molecule has 0 saturated heterocycles. The zero-order chi connectivity index (χ0) is 22.0. The number of amides is 2. The number of nitrogens with zero attached hydrogens (tertiary/aromatic N) is 1. The number of benzene rings is 3. The van der Waals surface area contributed by atoms with Crippen molar-refractivity contribution < 1.29 is 18.7 Å². The molecule has 1 N–H and O–H groups in total. The van der Waals surface area contributed by atoms with E-state index in [-0.39, 0.29) is 24.2 Å². The first kappa shape index (κ1) is 20.6. The predicted octanol–water partition coefficient (Wildman–Crippen LogP) is 4.72. The molecule has 3 aromatic rings. The Bertz CT molecular complexity index is 1110. The summed E-state index contributed by atoms with van der Waals surface area (Å²) in [6.45, 7) is 4.25. The summed E-state index contributed by atoms with van der Waals surface area (Å²) in [5.74, 6) is -0.264. The molecule has 0 bridgehead atoms. The van der Waals surface area contributed by atoms with E-state index in [1.807, 2.05) is 32.0 Å². The number of rotatable bonds is 4. The smallest absolute Gasteiger partial charge is 0.255 e. The highest BCUT2D eigenvalue weighted by Crippen LogP contribution is 2.37. The first-order valence-electron chi connectivity index (χ1n) is 10.2. The molecule has 1 heterocycles. The Morgan fingerprint density at radius 1 is 1.10 bits per heavy atom. The minimum absolute atomic E-state index is 0.123. The second-order valence-corrected chi connectivity index (χ2v) is 7.48. The third-order valence-corrected chi connectivity index (χ3v) is 5.26. The van der Waals surface area contributed by atoms with Crippen molar-refractivity contribution in [2.75, 3.05) is 18.5 Å². The predicted molar refractivity (Wildman–Crippen MR) is 117 cm³/mol. The molecule has 1 aliphatic heterocycles. The fourth-order valence-corrected chi connectivity index (χ4v) is 3.85. The van der Waals surface area contributed by atoms with E-state index in [0.29, 0.717) is 23.6 Å². The highest BCUT2D eigenvalue weighted by atomic mass is 19.1. The highest BCUT2D eigenvalue weighted by Gasteiger charge is 2.34. The topological polar surface area (TPSA) is 58.6 Å². The molecule has 5 nitrogen and oxygen atoms in total. The van der Waals surface area contributed by atoms with Crippen molar-refractivity contribution in [3.8, 4) is 5.75 Å². The van der Waals surface area contributed by atoms with Gasteiger partial charge in [0.1, 0.15) is 18.1 Å². The van der Waals surface area contributed by atoms with Crippen LogP contribution in [0, 0.1) is 12.7 Å². The molecule has 158 valence electrons. The molecular formula is C25H23FN2O3. The van der Waals surface area contributed by atoms with Crippen LogP contribution in [0.2, 0.25) is 0 Å². The van der Waals surface area contributed by atoms with Gasteiger partial charge in [0, 0.05) is 16.8 Å². The van der Waals surface area contributed by atoms with Gasteiger partial charge in [-0.05, 0) is 61.9 Å². The van der Waals surface area contributed by atoms with Crippen LogP contribution in [0.4, 0.5) is 10.1 Å². The lowest BCUT2D eigenvalue weighted by molar-refractivity contribution is -0.117. The number of aryl methyl sites for hydroxylation is 1. The molecule has 1 unspecified atom stereocenters. The number of halogens is 1. The number of fused-ring (bicyclic) bond motifs is 1. The summed E-state index contributed by atoms with van der Waals surface area (Å²) >= 11 is 0. The fraction of sp³-hybridized carbons (Fsp3) is 0.200. The summed E-state index contributed by atoms with van der Waals surface area (Å²) < 4.78 is 19.1. The normalized spacial score (nSPS) is 15.6. The lowest BCUT2D eigenvalue weighted by Gasteiger charge is -2.31. The van der Waals surface area contributed by atoms with Crippen LogP contribution in [0.5, 0.6) is 5.75 Å². The molecule has 0 radical (unpaired) electrons. The maximum atomic E-state index is 13.6. The lowest BCUT2D eigenvalue weighted by Crippen LogP contribution is -2.39. The first-order chi connectivity index (χ1) is 15.0. The van der Waals surface area contributed by atoms with Crippen LogP contribution in [-0.2, 0) is 4.79 Å². The van der Waals surface area contributed by atoms with Gasteiger partial charge in [-0.3, -0.25) is 9.59 Å². The van der Waals surface area contributed by atoms with Crippen molar-refractivity contribution in [2.24, 2.45) is 0 Å². The molecule has 0 spiro atoms. The van der Waals surface area contributed by atoms with Crippen LogP contribution >= 0.6 is 0 Å². The van der Waals surface area contributed by atoms with Crippen LogP contribution < -0.4 is 10.1 Å². The second kappa shape index (κ2) is 8.60. The Hall–Kier alpha value is -3.67. The van der Waals surface area contributed by atoms with Gasteiger partial charge in [0.2, 0.25) is 5.91 Å². The zero-order valence-electron chi connectivity index (χ0n) is 17.4. The SMILES string of the molecule is CCOc1ccc(C(=O)N2CC(=O)Nc3ccc(C)cc3C2c2ccc(F)cc2)cc1. The summed E-state index contributed by atoms with van der Waals surface area (Å²) in [6.07, 6.45) is 0. The van der Waals surface area contributed by atoms with Gasteiger partial charge in [-0.1, -0.05) is 29.8 Å². The van der Waals surface area contributed by atoms with Gasteiger partial charge in [0.25, 0.3) is 5.91 Å². The quantitative estimate of drug-likeness (QED) is 0.667. The standard InChI is InChI=1S/C25H23FN2O3/c1-3-31-20-11-7-18(8-12-20)25(30)28-15-23(29)27-22-13-4-16(2)14-21(22)24(28)17-5-9-19(26)10-6-17/h4-14,24H,3,15H2,1-2H3,(H,27,29). The van der Waals surface area contributed by atoms with Gasteiger partial charge in [-0.15, -0.1) is 0 Å². The molecule has 0 aliphatic carbocycles. The van der Waals surface area contributed by atoms with Crippen molar-refractivity contribution in [1.82, 2.24) is 4.90 Å². The van der Waals surface area contributed by atoms with E-state index in [4.69, 9.17) is 4.74 Å². The lowest BCUT2D eigenvalue weighted by atomic mass is 9.94. The largest absolute Gasteiger partial charge is 0.494 e. The second-order valence-electron chi connectivity index (χ2n) is 7.48. The van der Waals surface area contributed by atoms with E-state index in [9.17, 15) is 14.0 Å². The number of ether oxygens (including phenoxy) is 1. The molecular weight excluding hydrogens is 395 g/mol. The Labute approximate surface area is 180 Å². The van der Waals surface area contributed by atoms with Crippen LogP contribution in [-0.4, -0.2) is 29.9 Å². The van der Waals surface area contributed by atoms with Crippen LogP contribution in [0.15, 0.2) is 66.7 Å². The van der Waals surface area contributed by atoms with E-state index in [0.717, 1.165) is 16.7 Å². The maximum Gasteiger partial charge on any atom is 0.255 e. The van der Waals surface area contributed by atoms with E-state index in [1.54, 1.807) is 36.4 Å². The Morgan fingerprint density at radius 3 is 2.48 bits per heavy atom. The number of carbonyl (C=O) groups excluding carboxylic acids is 2. The summed E-state index contributed by atoms with van der Waals surface area (Å²) in [5, 5.41) is 2.90. The molecule has 0 aromatic heterocycles. The number of hydrogen-bond acceptors (Lipinski definition) is 3. The van der Waals surface area contributed by atoms with Crippen LogP contribution in [0.3, 0.4) is 0 Å². The molecule has 6 heteroatoms. The first-order valence-corrected chi connectivity index (χ1v) is 10.2. The van der Waals surface area contributed by atoms with Gasteiger partial charge in [0.15, 0.2) is 0 Å². The van der Waals surface area contributed by atoms with E-state index >= 15 is 0 Å². The molecule has 0 fully saturated rings. The number of hydrogen-bond donors (Lipinski definition) is 1. The summed E-state index contributed by atoms with van der Waals surface area (Å²) in [5.41, 5.74) is 3.60. The average Bonchev–Trinajstić information content (AvgIpc) is 2.90. The van der Waals surface area contributed by atoms with E-state index in [1.165, 1.54) is 17.0 Å². The monoisotopic (exact) mass is 418 g/mol. The minimum atomic E-state index is -0.548. The fourth-order valence-electron chi connectivity index (χ4n) is 3.85. The molecule has 4 rings (SSSR count). The number of nitrogens with one attached hydrogen (secondary N) is 1.